The molecule has 1 aromatic heterocycles. The average Bonchev–Trinajstić information content (AvgIpc) is 2.73. The Balaban J connectivity index is 2.33. The smallest absolute Gasteiger partial charge is 0.305 e. The first-order valence-corrected chi connectivity index (χ1v) is 6.70. The fourth-order valence-corrected chi connectivity index (χ4v) is 2.92. The predicted octanol–water partition coefficient (Wildman–Crippen LogP) is 2.99. The molecule has 0 radical (unpaired) electrons. The van der Waals surface area contributed by atoms with E-state index in [1.165, 1.54) is 11.5 Å². The Morgan fingerprint density at radius 2 is 2.17 bits per heavy atom. The van der Waals surface area contributed by atoms with Crippen molar-refractivity contribution in [1.82, 2.24) is 4.37 Å². The molecule has 0 unspecified atom stereocenters. The number of carboxylic acid groups (broad SMARTS) is 1. The summed E-state index contributed by atoms with van der Waals surface area (Å²) in [4.78, 5) is 12.8. The van der Waals surface area contributed by atoms with Crippen molar-refractivity contribution in [3.05, 3.63) is 24.3 Å². The maximum atomic E-state index is 10.7. The first-order chi connectivity index (χ1) is 8.59. The van der Waals surface area contributed by atoms with Gasteiger partial charge in [-0.1, -0.05) is 12.1 Å². The molecule has 0 bridgehead atoms. The van der Waals surface area contributed by atoms with Gasteiger partial charge >= 0.3 is 5.97 Å². The van der Waals surface area contributed by atoms with E-state index in [9.17, 15) is 4.79 Å². The number of hydrogen-bond acceptors (Lipinski definition) is 4. The highest BCUT2D eigenvalue weighted by Gasteiger charge is 2.17. The van der Waals surface area contributed by atoms with Crippen LogP contribution in [0.2, 0.25) is 0 Å². The lowest BCUT2D eigenvalue weighted by Crippen LogP contribution is -2.32. The fraction of sp³-hybridized carbons (Fsp3) is 0.385. The molecule has 0 aliphatic carbocycles. The minimum absolute atomic E-state index is 0.143. The molecule has 1 N–H and O–H groups in total. The Bertz CT molecular complexity index is 551. The van der Waals surface area contributed by atoms with Crippen LogP contribution in [0.1, 0.15) is 20.3 Å². The Morgan fingerprint density at radius 3 is 2.83 bits per heavy atom. The Labute approximate surface area is 110 Å². The third-order valence-electron chi connectivity index (χ3n) is 2.82. The quantitative estimate of drug-likeness (QED) is 0.902. The number of aromatic nitrogens is 1. The molecule has 0 saturated carbocycles. The van der Waals surface area contributed by atoms with Gasteiger partial charge in [-0.2, -0.15) is 4.37 Å². The van der Waals surface area contributed by atoms with Crippen molar-refractivity contribution in [2.75, 3.05) is 11.4 Å². The molecule has 0 saturated heterocycles. The second-order valence-corrected chi connectivity index (χ2v) is 5.19. The number of carbonyl (C=O) groups is 1. The van der Waals surface area contributed by atoms with Gasteiger partial charge in [0.15, 0.2) is 0 Å². The second kappa shape index (κ2) is 5.35. The molecule has 2 rings (SSSR count). The Kier molecular flexibility index (Phi) is 3.81. The molecule has 96 valence electrons. The number of fused-ring (bicyclic) bond motifs is 1. The summed E-state index contributed by atoms with van der Waals surface area (Å²) >= 11 is 1.43. The summed E-state index contributed by atoms with van der Waals surface area (Å²) in [5, 5.41) is 11.0. The minimum atomic E-state index is -0.769. The normalized spacial score (nSPS) is 11.1. The van der Waals surface area contributed by atoms with Gasteiger partial charge in [0.25, 0.3) is 0 Å². The summed E-state index contributed by atoms with van der Waals surface area (Å²) in [5.41, 5.74) is 0.971. The van der Waals surface area contributed by atoms with E-state index in [-0.39, 0.29) is 12.5 Å². The van der Waals surface area contributed by atoms with Crippen LogP contribution in [0.5, 0.6) is 0 Å². The summed E-state index contributed by atoms with van der Waals surface area (Å²) in [6.07, 6.45) is 0.143. The van der Waals surface area contributed by atoms with Gasteiger partial charge in [-0.05, 0) is 37.5 Å². The molecule has 0 aliphatic heterocycles. The summed E-state index contributed by atoms with van der Waals surface area (Å²) in [7, 11) is 0. The number of benzene rings is 1. The topological polar surface area (TPSA) is 53.4 Å². The summed E-state index contributed by atoms with van der Waals surface area (Å²) in [6, 6.07) is 8.21. The number of rotatable bonds is 5. The Hall–Kier alpha value is -1.62. The van der Waals surface area contributed by atoms with Crippen molar-refractivity contribution in [3.63, 3.8) is 0 Å². The van der Waals surface area contributed by atoms with E-state index in [2.05, 4.69) is 23.1 Å². The van der Waals surface area contributed by atoms with E-state index in [1.54, 1.807) is 0 Å². The first-order valence-electron chi connectivity index (χ1n) is 5.92. The molecule has 0 amide bonds. The van der Waals surface area contributed by atoms with Gasteiger partial charge in [0.2, 0.25) is 0 Å². The van der Waals surface area contributed by atoms with Gasteiger partial charge < -0.3 is 10.0 Å². The fourth-order valence-electron chi connectivity index (χ4n) is 1.89. The molecule has 0 fully saturated rings. The van der Waals surface area contributed by atoms with Crippen LogP contribution >= 0.6 is 11.5 Å². The second-order valence-electron chi connectivity index (χ2n) is 4.44. The highest BCUT2D eigenvalue weighted by atomic mass is 32.1. The van der Waals surface area contributed by atoms with Crippen molar-refractivity contribution < 1.29 is 9.90 Å². The van der Waals surface area contributed by atoms with Crippen molar-refractivity contribution in [2.24, 2.45) is 0 Å². The maximum Gasteiger partial charge on any atom is 0.305 e. The highest BCUT2D eigenvalue weighted by Crippen LogP contribution is 2.32. The van der Waals surface area contributed by atoms with Gasteiger partial charge in [-0.25, -0.2) is 0 Å². The van der Waals surface area contributed by atoms with E-state index in [4.69, 9.17) is 5.11 Å². The van der Waals surface area contributed by atoms with Gasteiger partial charge in [-0.3, -0.25) is 4.79 Å². The lowest BCUT2D eigenvalue weighted by molar-refractivity contribution is -0.136. The number of nitrogens with zero attached hydrogens (tertiary/aromatic N) is 2. The van der Waals surface area contributed by atoms with Crippen LogP contribution in [0.25, 0.3) is 10.9 Å². The third kappa shape index (κ3) is 2.61. The number of hydrogen-bond donors (Lipinski definition) is 1. The third-order valence-corrected chi connectivity index (χ3v) is 3.73. The van der Waals surface area contributed by atoms with Crippen molar-refractivity contribution in [3.8, 4) is 0 Å². The van der Waals surface area contributed by atoms with Crippen molar-refractivity contribution >= 4 is 33.4 Å². The molecule has 2 aromatic rings. The summed E-state index contributed by atoms with van der Waals surface area (Å²) < 4.78 is 4.40. The molecule has 0 aliphatic rings. The van der Waals surface area contributed by atoms with Crippen LogP contribution in [0, 0.1) is 0 Å². The van der Waals surface area contributed by atoms with Crippen LogP contribution in [0.4, 0.5) is 5.00 Å². The molecule has 4 nitrogen and oxygen atoms in total. The minimum Gasteiger partial charge on any atom is -0.481 e. The van der Waals surface area contributed by atoms with Gasteiger partial charge in [-0.15, -0.1) is 0 Å². The summed E-state index contributed by atoms with van der Waals surface area (Å²) in [6.45, 7) is 4.64. The molecular formula is C13H16N2O2S. The predicted molar refractivity (Wildman–Crippen MR) is 74.4 cm³/mol. The zero-order chi connectivity index (χ0) is 13.1. The standard InChI is InChI=1S/C13H16N2O2S/c1-9(2)15(8-7-12(16)17)13-10-5-3-4-6-11(10)14-18-13/h3-6,9H,7-8H2,1-2H3,(H,16,17). The highest BCUT2D eigenvalue weighted by molar-refractivity contribution is 7.11. The van der Waals surface area contributed by atoms with Crippen LogP contribution in [0.3, 0.4) is 0 Å². The van der Waals surface area contributed by atoms with Crippen molar-refractivity contribution in [2.45, 2.75) is 26.3 Å². The van der Waals surface area contributed by atoms with E-state index in [1.807, 2.05) is 24.3 Å². The van der Waals surface area contributed by atoms with E-state index < -0.39 is 5.97 Å². The van der Waals surface area contributed by atoms with Gasteiger partial charge in [0.1, 0.15) is 5.00 Å². The van der Waals surface area contributed by atoms with Gasteiger partial charge in [0.05, 0.1) is 11.9 Å². The lowest BCUT2D eigenvalue weighted by Gasteiger charge is -2.26. The molecular weight excluding hydrogens is 248 g/mol. The molecule has 0 atom stereocenters. The zero-order valence-corrected chi connectivity index (χ0v) is 11.3. The lowest BCUT2D eigenvalue weighted by atomic mass is 10.2. The van der Waals surface area contributed by atoms with E-state index in [0.717, 1.165) is 15.9 Å². The molecule has 0 spiro atoms. The van der Waals surface area contributed by atoms with Crippen LogP contribution in [-0.2, 0) is 4.79 Å². The largest absolute Gasteiger partial charge is 0.481 e. The maximum absolute atomic E-state index is 10.7. The van der Waals surface area contributed by atoms with E-state index >= 15 is 0 Å². The number of aliphatic carboxylic acids is 1. The zero-order valence-electron chi connectivity index (χ0n) is 10.5. The average molecular weight is 264 g/mol. The van der Waals surface area contributed by atoms with Crippen LogP contribution < -0.4 is 4.90 Å². The summed E-state index contributed by atoms with van der Waals surface area (Å²) in [5.74, 6) is -0.769. The van der Waals surface area contributed by atoms with Crippen LogP contribution in [0.15, 0.2) is 24.3 Å². The Morgan fingerprint density at radius 1 is 1.44 bits per heavy atom. The monoisotopic (exact) mass is 264 g/mol. The van der Waals surface area contributed by atoms with Crippen molar-refractivity contribution in [1.29, 1.82) is 0 Å². The van der Waals surface area contributed by atoms with Crippen LogP contribution in [-0.4, -0.2) is 28.0 Å². The SMILES string of the molecule is CC(C)N(CCC(=O)O)c1snc2ccccc12. The van der Waals surface area contributed by atoms with E-state index in [0.29, 0.717) is 6.54 Å². The van der Waals surface area contributed by atoms with Gasteiger partial charge in [0, 0.05) is 18.0 Å². The number of carboxylic acids is 1. The first kappa shape index (κ1) is 12.8. The molecule has 18 heavy (non-hydrogen) atoms. The molecule has 1 heterocycles. The molecule has 1 aromatic carbocycles. The number of anilines is 1. The molecule has 5 heteroatoms.